The van der Waals surface area contributed by atoms with Gasteiger partial charge in [-0.1, -0.05) is 11.6 Å². The van der Waals surface area contributed by atoms with Crippen molar-refractivity contribution in [1.29, 1.82) is 0 Å². The molecule has 0 aromatic carbocycles. The third kappa shape index (κ3) is 5.85. The number of hydrogen-bond donors (Lipinski definition) is 0. The number of halogens is 1. The number of rotatable bonds is 1. The maximum Gasteiger partial charge on any atom is 0.427 e. The molecule has 0 aliphatic carbocycles. The number of aromatic nitrogens is 2. The molecule has 7 nitrogen and oxygen atoms in total. The summed E-state index contributed by atoms with van der Waals surface area (Å²) in [4.78, 5) is 32.9. The minimum absolute atomic E-state index is 0.173. The van der Waals surface area contributed by atoms with Gasteiger partial charge < -0.3 is 9.47 Å². The van der Waals surface area contributed by atoms with Gasteiger partial charge in [0.15, 0.2) is 0 Å². The summed E-state index contributed by atoms with van der Waals surface area (Å²) in [5, 5.41) is 0.275. The summed E-state index contributed by atoms with van der Waals surface area (Å²) in [5.41, 5.74) is -1.58. The summed E-state index contributed by atoms with van der Waals surface area (Å²) < 4.78 is 10.4. The van der Waals surface area contributed by atoms with Crippen LogP contribution in [-0.4, -0.2) is 33.4 Å². The van der Waals surface area contributed by atoms with Crippen molar-refractivity contribution in [1.82, 2.24) is 9.97 Å². The van der Waals surface area contributed by atoms with Gasteiger partial charge in [0.25, 0.3) is 0 Å². The highest BCUT2D eigenvalue weighted by molar-refractivity contribution is 6.30. The highest BCUT2D eigenvalue weighted by Gasteiger charge is 2.34. The molecule has 1 aromatic heterocycles. The van der Waals surface area contributed by atoms with Gasteiger partial charge >= 0.3 is 12.2 Å². The molecule has 2 amide bonds. The molecule has 122 valence electrons. The first kappa shape index (κ1) is 18.2. The molecule has 8 heteroatoms. The quantitative estimate of drug-likeness (QED) is 0.779. The lowest BCUT2D eigenvalue weighted by Gasteiger charge is -2.27. The van der Waals surface area contributed by atoms with Crippen LogP contribution in [0.25, 0.3) is 0 Å². The number of carbonyl (C=O) groups is 2. The van der Waals surface area contributed by atoms with E-state index in [2.05, 4.69) is 9.97 Å². The van der Waals surface area contributed by atoms with Gasteiger partial charge in [-0.2, -0.15) is 0 Å². The largest absolute Gasteiger partial charge is 0.443 e. The number of imide groups is 1. The molecule has 0 bridgehead atoms. The number of ether oxygens (including phenoxy) is 2. The number of amides is 2. The van der Waals surface area contributed by atoms with Crippen LogP contribution >= 0.6 is 11.6 Å². The maximum absolute atomic E-state index is 12.3. The van der Waals surface area contributed by atoms with E-state index in [-0.39, 0.29) is 11.0 Å². The van der Waals surface area contributed by atoms with E-state index >= 15 is 0 Å². The van der Waals surface area contributed by atoms with Crippen molar-refractivity contribution in [3.63, 3.8) is 0 Å². The Bertz CT molecular complexity index is 519. The van der Waals surface area contributed by atoms with Crippen LogP contribution in [0.3, 0.4) is 0 Å². The monoisotopic (exact) mass is 329 g/mol. The van der Waals surface area contributed by atoms with E-state index in [0.717, 1.165) is 0 Å². The summed E-state index contributed by atoms with van der Waals surface area (Å²) in [6.07, 6.45) is 0.685. The average Bonchev–Trinajstić information content (AvgIpc) is 2.27. The van der Waals surface area contributed by atoms with E-state index in [4.69, 9.17) is 21.1 Å². The van der Waals surface area contributed by atoms with Gasteiger partial charge in [-0.25, -0.2) is 19.6 Å². The Labute approximate surface area is 134 Å². The normalized spacial score (nSPS) is 11.8. The first-order valence-corrected chi connectivity index (χ1v) is 7.00. The molecule has 1 rings (SSSR count). The second-order valence-corrected chi connectivity index (χ2v) is 6.93. The first-order chi connectivity index (χ1) is 9.89. The summed E-state index contributed by atoms with van der Waals surface area (Å²) in [6, 6.07) is 0. The van der Waals surface area contributed by atoms with E-state index in [1.54, 1.807) is 41.5 Å². The topological polar surface area (TPSA) is 81.6 Å². The second-order valence-electron chi connectivity index (χ2n) is 6.50. The van der Waals surface area contributed by atoms with E-state index in [0.29, 0.717) is 4.90 Å². The van der Waals surface area contributed by atoms with Crippen LogP contribution in [0.2, 0.25) is 5.02 Å². The zero-order valence-electron chi connectivity index (χ0n) is 13.5. The van der Waals surface area contributed by atoms with E-state index in [9.17, 15) is 9.59 Å². The maximum atomic E-state index is 12.3. The Morgan fingerprint density at radius 2 is 1.32 bits per heavy atom. The van der Waals surface area contributed by atoms with Crippen molar-refractivity contribution in [2.24, 2.45) is 0 Å². The highest BCUT2D eigenvalue weighted by atomic mass is 35.5. The van der Waals surface area contributed by atoms with Gasteiger partial charge in [0, 0.05) is 0 Å². The van der Waals surface area contributed by atoms with Crippen LogP contribution in [0.5, 0.6) is 0 Å². The standard InChI is InChI=1S/C14H20ClN3O4/c1-13(2,3)21-11(19)18(12(20)22-14(4,5)6)10-16-7-9(15)8-17-10/h7-8H,1-6H3. The molecule has 0 saturated carbocycles. The third-order valence-electron chi connectivity index (χ3n) is 1.96. The fourth-order valence-corrected chi connectivity index (χ4v) is 1.37. The smallest absolute Gasteiger partial charge is 0.427 e. The van der Waals surface area contributed by atoms with Crippen LogP contribution in [0.4, 0.5) is 15.5 Å². The summed E-state index contributed by atoms with van der Waals surface area (Å²) in [5.74, 6) is -0.173. The third-order valence-corrected chi connectivity index (χ3v) is 2.15. The molecule has 0 fully saturated rings. The number of anilines is 1. The number of hydrogen-bond acceptors (Lipinski definition) is 6. The van der Waals surface area contributed by atoms with Gasteiger partial charge in [0.2, 0.25) is 5.95 Å². The Hall–Kier alpha value is -1.89. The van der Waals surface area contributed by atoms with Gasteiger partial charge in [-0.05, 0) is 41.5 Å². The van der Waals surface area contributed by atoms with Crippen LogP contribution in [0.15, 0.2) is 12.4 Å². The van der Waals surface area contributed by atoms with Crippen LogP contribution in [0.1, 0.15) is 41.5 Å². The molecule has 0 saturated heterocycles. The zero-order chi connectivity index (χ0) is 17.1. The number of carbonyl (C=O) groups excluding carboxylic acids is 2. The van der Waals surface area contributed by atoms with Gasteiger partial charge in [0.1, 0.15) is 11.2 Å². The second kappa shape index (κ2) is 6.48. The molecular weight excluding hydrogens is 310 g/mol. The van der Waals surface area contributed by atoms with Crippen molar-refractivity contribution in [2.45, 2.75) is 52.7 Å². The Kier molecular flexibility index (Phi) is 5.35. The molecule has 0 spiro atoms. The van der Waals surface area contributed by atoms with E-state index < -0.39 is 23.4 Å². The highest BCUT2D eigenvalue weighted by Crippen LogP contribution is 2.19. The van der Waals surface area contributed by atoms with Crippen LogP contribution in [0, 0.1) is 0 Å². The van der Waals surface area contributed by atoms with Crippen molar-refractivity contribution in [3.05, 3.63) is 17.4 Å². The summed E-state index contributed by atoms with van der Waals surface area (Å²) in [7, 11) is 0. The van der Waals surface area contributed by atoms with Crippen molar-refractivity contribution in [3.8, 4) is 0 Å². The molecular formula is C14H20ClN3O4. The van der Waals surface area contributed by atoms with Gasteiger partial charge in [-0.15, -0.1) is 4.90 Å². The van der Waals surface area contributed by atoms with Gasteiger partial charge in [-0.3, -0.25) is 0 Å². The molecule has 1 heterocycles. The average molecular weight is 330 g/mol. The van der Waals surface area contributed by atoms with Crippen molar-refractivity contribution >= 4 is 29.7 Å². The molecule has 22 heavy (non-hydrogen) atoms. The fraction of sp³-hybridized carbons (Fsp3) is 0.571. The van der Waals surface area contributed by atoms with E-state index in [1.807, 2.05) is 0 Å². The lowest BCUT2D eigenvalue weighted by molar-refractivity contribution is 0.0427. The minimum atomic E-state index is -0.927. The minimum Gasteiger partial charge on any atom is -0.443 e. The Morgan fingerprint density at radius 3 is 1.64 bits per heavy atom. The molecule has 0 atom stereocenters. The molecule has 0 N–H and O–H groups in total. The lowest BCUT2D eigenvalue weighted by atomic mass is 10.2. The van der Waals surface area contributed by atoms with E-state index in [1.165, 1.54) is 12.4 Å². The lowest BCUT2D eigenvalue weighted by Crippen LogP contribution is -2.44. The summed E-state index contributed by atoms with van der Waals surface area (Å²) in [6.45, 7) is 10.1. The zero-order valence-corrected chi connectivity index (χ0v) is 14.3. The molecule has 0 aliphatic heterocycles. The van der Waals surface area contributed by atoms with Gasteiger partial charge in [0.05, 0.1) is 17.4 Å². The summed E-state index contributed by atoms with van der Waals surface area (Å²) >= 11 is 5.71. The predicted molar refractivity (Wildman–Crippen MR) is 82.0 cm³/mol. The van der Waals surface area contributed by atoms with Crippen LogP contribution in [-0.2, 0) is 9.47 Å². The predicted octanol–water partition coefficient (Wildman–Crippen LogP) is 3.81. The number of nitrogens with zero attached hydrogens (tertiary/aromatic N) is 3. The Morgan fingerprint density at radius 1 is 0.955 bits per heavy atom. The molecule has 0 radical (unpaired) electrons. The fourth-order valence-electron chi connectivity index (χ4n) is 1.27. The molecule has 1 aromatic rings. The molecule has 0 unspecified atom stereocenters. The first-order valence-electron chi connectivity index (χ1n) is 6.63. The molecule has 0 aliphatic rings. The van der Waals surface area contributed by atoms with Crippen LogP contribution < -0.4 is 4.90 Å². The van der Waals surface area contributed by atoms with Crippen molar-refractivity contribution < 1.29 is 19.1 Å². The Balaban J connectivity index is 3.12. The SMILES string of the molecule is CC(C)(C)OC(=O)N(C(=O)OC(C)(C)C)c1ncc(Cl)cn1. The van der Waals surface area contributed by atoms with Crippen molar-refractivity contribution in [2.75, 3.05) is 4.90 Å².